The van der Waals surface area contributed by atoms with Crippen LogP contribution < -0.4 is 14.2 Å². The minimum Gasteiger partial charge on any atom is -0.491 e. The predicted octanol–water partition coefficient (Wildman–Crippen LogP) is 4.71. The summed E-state index contributed by atoms with van der Waals surface area (Å²) in [6.45, 7) is 2.52. The van der Waals surface area contributed by atoms with Gasteiger partial charge in [-0.05, 0) is 23.3 Å². The molecule has 3 aromatic carbocycles. The van der Waals surface area contributed by atoms with Crippen LogP contribution >= 0.6 is 0 Å². The molecule has 0 aliphatic carbocycles. The van der Waals surface area contributed by atoms with Gasteiger partial charge in [-0.25, -0.2) is 0 Å². The van der Waals surface area contributed by atoms with Gasteiger partial charge < -0.3 is 18.9 Å². The lowest BCUT2D eigenvalue weighted by atomic mass is 10.2. The van der Waals surface area contributed by atoms with E-state index in [0.29, 0.717) is 25.6 Å². The van der Waals surface area contributed by atoms with Gasteiger partial charge in [-0.1, -0.05) is 60.7 Å². The first-order valence-corrected chi connectivity index (χ1v) is 10.1. The zero-order valence-electron chi connectivity index (χ0n) is 16.5. The molecule has 1 fully saturated rings. The lowest BCUT2D eigenvalue weighted by molar-refractivity contribution is 0.253. The third kappa shape index (κ3) is 6.26. The molecule has 150 valence electrons. The molecule has 0 amide bonds. The van der Waals surface area contributed by atoms with Crippen molar-refractivity contribution in [3.8, 4) is 17.2 Å². The summed E-state index contributed by atoms with van der Waals surface area (Å²) < 4.78 is 23.1. The number of ether oxygens (including phenoxy) is 4. The second-order valence-corrected chi connectivity index (χ2v) is 7.04. The standard InChI is InChI=1S/C25H26O4/c1-3-7-20(8-4-1)13-15-26-24-12-11-22(28-18-23-19-29-23)17-25(24)27-16-14-21-9-5-2-6-10-21/h1-12,17,23H,13-16,18-19H2. The molecule has 29 heavy (non-hydrogen) atoms. The summed E-state index contributed by atoms with van der Waals surface area (Å²) in [6, 6.07) is 26.4. The largest absolute Gasteiger partial charge is 0.491 e. The van der Waals surface area contributed by atoms with E-state index in [4.69, 9.17) is 18.9 Å². The van der Waals surface area contributed by atoms with E-state index >= 15 is 0 Å². The molecular formula is C25H26O4. The summed E-state index contributed by atoms with van der Waals surface area (Å²) in [7, 11) is 0. The van der Waals surface area contributed by atoms with Gasteiger partial charge in [0.15, 0.2) is 11.5 Å². The van der Waals surface area contributed by atoms with Crippen molar-refractivity contribution in [1.82, 2.24) is 0 Å². The molecule has 0 bridgehead atoms. The molecule has 1 aliphatic heterocycles. The molecule has 0 spiro atoms. The quantitative estimate of drug-likeness (QED) is 0.445. The van der Waals surface area contributed by atoms with Crippen LogP contribution in [-0.2, 0) is 17.6 Å². The Bertz CT molecular complexity index is 876. The Labute approximate surface area is 172 Å². The molecule has 0 N–H and O–H groups in total. The van der Waals surface area contributed by atoms with Crippen molar-refractivity contribution < 1.29 is 18.9 Å². The van der Waals surface area contributed by atoms with Crippen molar-refractivity contribution in [1.29, 1.82) is 0 Å². The van der Waals surface area contributed by atoms with E-state index in [1.807, 2.05) is 54.6 Å². The second-order valence-electron chi connectivity index (χ2n) is 7.04. The summed E-state index contributed by atoms with van der Waals surface area (Å²) in [6.07, 6.45) is 1.91. The maximum absolute atomic E-state index is 6.07. The number of epoxide rings is 1. The summed E-state index contributed by atoms with van der Waals surface area (Å²) >= 11 is 0. The SMILES string of the molecule is c1ccc(CCOc2ccc(OCC3CO3)cc2OCCc2ccccc2)cc1. The van der Waals surface area contributed by atoms with Crippen LogP contribution in [0.2, 0.25) is 0 Å². The van der Waals surface area contributed by atoms with Crippen LogP contribution in [0.1, 0.15) is 11.1 Å². The highest BCUT2D eigenvalue weighted by Gasteiger charge is 2.23. The second kappa shape index (κ2) is 9.99. The predicted molar refractivity (Wildman–Crippen MR) is 113 cm³/mol. The van der Waals surface area contributed by atoms with Crippen LogP contribution in [-0.4, -0.2) is 32.5 Å². The maximum atomic E-state index is 6.07. The Morgan fingerprint density at radius 2 is 1.28 bits per heavy atom. The average molecular weight is 390 g/mol. The van der Waals surface area contributed by atoms with Gasteiger partial charge in [-0.3, -0.25) is 0 Å². The van der Waals surface area contributed by atoms with Crippen LogP contribution in [0.3, 0.4) is 0 Å². The zero-order chi connectivity index (χ0) is 19.7. The Kier molecular flexibility index (Phi) is 6.66. The Morgan fingerprint density at radius 3 is 1.86 bits per heavy atom. The lowest BCUT2D eigenvalue weighted by Crippen LogP contribution is -2.07. The molecule has 1 saturated heterocycles. The van der Waals surface area contributed by atoms with E-state index in [1.165, 1.54) is 11.1 Å². The van der Waals surface area contributed by atoms with Gasteiger partial charge in [0.1, 0.15) is 18.5 Å². The van der Waals surface area contributed by atoms with Gasteiger partial charge in [0.2, 0.25) is 0 Å². The monoisotopic (exact) mass is 390 g/mol. The van der Waals surface area contributed by atoms with Gasteiger partial charge in [0, 0.05) is 18.9 Å². The van der Waals surface area contributed by atoms with E-state index in [-0.39, 0.29) is 6.10 Å². The van der Waals surface area contributed by atoms with E-state index < -0.39 is 0 Å². The van der Waals surface area contributed by atoms with Crippen LogP contribution in [0.25, 0.3) is 0 Å². The summed E-state index contributed by atoms with van der Waals surface area (Å²) in [5.41, 5.74) is 2.50. The highest BCUT2D eigenvalue weighted by atomic mass is 16.6. The van der Waals surface area contributed by atoms with E-state index in [0.717, 1.165) is 30.9 Å². The third-order valence-corrected chi connectivity index (χ3v) is 4.74. The van der Waals surface area contributed by atoms with E-state index in [2.05, 4.69) is 24.3 Å². The van der Waals surface area contributed by atoms with E-state index in [9.17, 15) is 0 Å². The van der Waals surface area contributed by atoms with Gasteiger partial charge in [0.25, 0.3) is 0 Å². The summed E-state index contributed by atoms with van der Waals surface area (Å²) in [5.74, 6) is 2.22. The molecule has 0 radical (unpaired) electrons. The fraction of sp³-hybridized carbons (Fsp3) is 0.280. The Morgan fingerprint density at radius 1 is 0.690 bits per heavy atom. The molecule has 1 atom stereocenters. The zero-order valence-corrected chi connectivity index (χ0v) is 16.5. The highest BCUT2D eigenvalue weighted by molar-refractivity contribution is 5.45. The minimum atomic E-state index is 0.222. The molecular weight excluding hydrogens is 364 g/mol. The number of rotatable bonds is 11. The molecule has 3 aromatic rings. The van der Waals surface area contributed by atoms with Crippen molar-refractivity contribution in [2.24, 2.45) is 0 Å². The number of hydrogen-bond acceptors (Lipinski definition) is 4. The molecule has 4 nitrogen and oxygen atoms in total. The molecule has 0 aromatic heterocycles. The lowest BCUT2D eigenvalue weighted by Gasteiger charge is -2.15. The first-order valence-electron chi connectivity index (χ1n) is 10.1. The Hall–Kier alpha value is -2.98. The maximum Gasteiger partial charge on any atom is 0.164 e. The third-order valence-electron chi connectivity index (χ3n) is 4.74. The van der Waals surface area contributed by atoms with Gasteiger partial charge in [-0.2, -0.15) is 0 Å². The van der Waals surface area contributed by atoms with Crippen molar-refractivity contribution in [3.05, 3.63) is 90.0 Å². The normalized spacial score (nSPS) is 15.0. The number of benzene rings is 3. The smallest absolute Gasteiger partial charge is 0.164 e. The van der Waals surface area contributed by atoms with Crippen molar-refractivity contribution >= 4 is 0 Å². The fourth-order valence-electron chi connectivity index (χ4n) is 3.01. The van der Waals surface area contributed by atoms with Crippen LogP contribution in [0, 0.1) is 0 Å². The topological polar surface area (TPSA) is 40.2 Å². The number of hydrogen-bond donors (Lipinski definition) is 0. The first-order chi connectivity index (χ1) is 14.4. The van der Waals surface area contributed by atoms with Gasteiger partial charge in [0.05, 0.1) is 19.8 Å². The van der Waals surface area contributed by atoms with Crippen molar-refractivity contribution in [2.45, 2.75) is 18.9 Å². The van der Waals surface area contributed by atoms with Crippen LogP contribution in [0.4, 0.5) is 0 Å². The van der Waals surface area contributed by atoms with Gasteiger partial charge >= 0.3 is 0 Å². The van der Waals surface area contributed by atoms with Gasteiger partial charge in [-0.15, -0.1) is 0 Å². The molecule has 4 heteroatoms. The minimum absolute atomic E-state index is 0.222. The fourth-order valence-corrected chi connectivity index (χ4v) is 3.01. The molecule has 1 aliphatic rings. The highest BCUT2D eigenvalue weighted by Crippen LogP contribution is 2.32. The average Bonchev–Trinajstić information content (AvgIpc) is 3.60. The van der Waals surface area contributed by atoms with Crippen LogP contribution in [0.5, 0.6) is 17.2 Å². The van der Waals surface area contributed by atoms with E-state index in [1.54, 1.807) is 0 Å². The van der Waals surface area contributed by atoms with Crippen LogP contribution in [0.15, 0.2) is 78.9 Å². The Balaban J connectivity index is 1.37. The molecule has 0 saturated carbocycles. The molecule has 1 heterocycles. The summed E-state index contributed by atoms with van der Waals surface area (Å²) in [4.78, 5) is 0. The first kappa shape index (κ1) is 19.3. The van der Waals surface area contributed by atoms with Crippen molar-refractivity contribution in [2.75, 3.05) is 26.4 Å². The van der Waals surface area contributed by atoms with Crippen molar-refractivity contribution in [3.63, 3.8) is 0 Å². The molecule has 1 unspecified atom stereocenters. The summed E-state index contributed by atoms with van der Waals surface area (Å²) in [5, 5.41) is 0. The molecule has 4 rings (SSSR count).